The first-order valence-corrected chi connectivity index (χ1v) is 7.34. The molecule has 0 aromatic carbocycles. The zero-order valence-corrected chi connectivity index (χ0v) is 12.6. The van der Waals surface area contributed by atoms with Gasteiger partial charge < -0.3 is 21.5 Å². The number of nitrogens with zero attached hydrogens (tertiary/aromatic N) is 2. The predicted octanol–water partition coefficient (Wildman–Crippen LogP) is 0.967. The lowest BCUT2D eigenvalue weighted by molar-refractivity contribution is -0.121. The molecule has 1 amide bonds. The first kappa shape index (κ1) is 16.6. The van der Waals surface area contributed by atoms with Crippen molar-refractivity contribution in [3.05, 3.63) is 0 Å². The van der Waals surface area contributed by atoms with Crippen LogP contribution in [-0.2, 0) is 4.79 Å². The molecule has 0 aromatic rings. The molecule has 1 saturated heterocycles. The van der Waals surface area contributed by atoms with Gasteiger partial charge in [0.25, 0.3) is 0 Å². The number of likely N-dealkylation sites (tertiary alicyclic amines) is 1. The van der Waals surface area contributed by atoms with Gasteiger partial charge in [0.15, 0.2) is 0 Å². The van der Waals surface area contributed by atoms with E-state index in [0.29, 0.717) is 24.1 Å². The Hall–Kier alpha value is -1.43. The highest BCUT2D eigenvalue weighted by Gasteiger charge is 2.21. The van der Waals surface area contributed by atoms with Crippen molar-refractivity contribution < 1.29 is 4.79 Å². The van der Waals surface area contributed by atoms with Crippen LogP contribution in [0.25, 0.3) is 0 Å². The van der Waals surface area contributed by atoms with Gasteiger partial charge in [0.2, 0.25) is 5.91 Å². The van der Waals surface area contributed by atoms with E-state index >= 15 is 0 Å². The second-order valence-electron chi connectivity index (χ2n) is 5.65. The van der Waals surface area contributed by atoms with Crippen LogP contribution in [0.2, 0.25) is 0 Å². The average Bonchev–Trinajstić information content (AvgIpc) is 2.46. The van der Waals surface area contributed by atoms with Crippen LogP contribution >= 0.6 is 0 Å². The van der Waals surface area contributed by atoms with E-state index in [4.69, 9.17) is 11.3 Å². The van der Waals surface area contributed by atoms with E-state index in [1.165, 1.54) is 12.8 Å². The normalized spacial score (nSPS) is 18.2. The van der Waals surface area contributed by atoms with Crippen LogP contribution in [0.4, 0.5) is 0 Å². The molecule has 0 bridgehead atoms. The summed E-state index contributed by atoms with van der Waals surface area (Å²) in [5, 5.41) is 13.2. The summed E-state index contributed by atoms with van der Waals surface area (Å²) in [6, 6.07) is 0.620. The van der Waals surface area contributed by atoms with Crippen molar-refractivity contribution in [1.29, 1.82) is 5.41 Å². The molecular formula is C14H27N5O. The van der Waals surface area contributed by atoms with Crippen molar-refractivity contribution >= 4 is 17.8 Å². The lowest BCUT2D eigenvalue weighted by Gasteiger charge is -2.34. The molecule has 1 fully saturated rings. The fourth-order valence-electron chi connectivity index (χ4n) is 2.50. The quantitative estimate of drug-likeness (QED) is 0.368. The molecule has 0 aliphatic carbocycles. The first-order valence-electron chi connectivity index (χ1n) is 7.34. The van der Waals surface area contributed by atoms with Crippen molar-refractivity contribution in [3.8, 4) is 0 Å². The lowest BCUT2D eigenvalue weighted by Crippen LogP contribution is -2.38. The van der Waals surface area contributed by atoms with Gasteiger partial charge in [-0.25, -0.2) is 0 Å². The molecule has 114 valence electrons. The number of hydrogen-bond acceptors (Lipinski definition) is 5. The Balaban J connectivity index is 2.18. The Morgan fingerprint density at radius 1 is 1.50 bits per heavy atom. The molecule has 1 heterocycles. The van der Waals surface area contributed by atoms with Crippen LogP contribution in [0, 0.1) is 11.3 Å². The number of carbonyl (C=O) groups is 1. The molecular weight excluding hydrogens is 254 g/mol. The summed E-state index contributed by atoms with van der Waals surface area (Å²) in [6.07, 6.45) is 4.91. The van der Waals surface area contributed by atoms with Crippen LogP contribution in [0.15, 0.2) is 5.10 Å². The fourth-order valence-corrected chi connectivity index (χ4v) is 2.50. The second kappa shape index (κ2) is 8.68. The maximum atomic E-state index is 11.7. The smallest absolute Gasteiger partial charge is 0.220 e. The number of rotatable bonds is 7. The molecule has 1 aliphatic heterocycles. The number of piperidine rings is 1. The van der Waals surface area contributed by atoms with Crippen molar-refractivity contribution in [2.24, 2.45) is 16.9 Å². The van der Waals surface area contributed by atoms with Crippen LogP contribution in [0.3, 0.4) is 0 Å². The molecule has 0 aromatic heterocycles. The number of hydrogen-bond donors (Lipinski definition) is 3. The Bertz CT molecular complexity index is 345. The van der Waals surface area contributed by atoms with Crippen molar-refractivity contribution in [1.82, 2.24) is 10.2 Å². The monoisotopic (exact) mass is 281 g/mol. The molecule has 0 unspecified atom stereocenters. The van der Waals surface area contributed by atoms with Gasteiger partial charge in [-0.3, -0.25) is 4.79 Å². The maximum Gasteiger partial charge on any atom is 0.220 e. The SMILES string of the molecule is CC(C)N1CCC(CCC(=O)NCC(C=N)=NN)CC1. The molecule has 1 aliphatic rings. The summed E-state index contributed by atoms with van der Waals surface area (Å²) in [7, 11) is 0. The van der Waals surface area contributed by atoms with Crippen molar-refractivity contribution in [3.63, 3.8) is 0 Å². The topological polar surface area (TPSA) is 94.6 Å². The van der Waals surface area contributed by atoms with E-state index in [-0.39, 0.29) is 12.5 Å². The highest BCUT2D eigenvalue weighted by Crippen LogP contribution is 2.22. The number of nitrogens with two attached hydrogens (primary N) is 1. The molecule has 0 spiro atoms. The molecule has 20 heavy (non-hydrogen) atoms. The van der Waals surface area contributed by atoms with Crippen molar-refractivity contribution in [2.45, 2.75) is 45.6 Å². The minimum atomic E-state index is 0.0132. The third-order valence-electron chi connectivity index (χ3n) is 3.96. The summed E-state index contributed by atoms with van der Waals surface area (Å²) < 4.78 is 0. The Kier molecular flexibility index (Phi) is 7.22. The maximum absolute atomic E-state index is 11.7. The predicted molar refractivity (Wildman–Crippen MR) is 82.1 cm³/mol. The van der Waals surface area contributed by atoms with Gasteiger partial charge in [-0.1, -0.05) is 0 Å². The highest BCUT2D eigenvalue weighted by atomic mass is 16.1. The third-order valence-corrected chi connectivity index (χ3v) is 3.96. The summed E-state index contributed by atoms with van der Waals surface area (Å²) in [5.74, 6) is 5.75. The van der Waals surface area contributed by atoms with Gasteiger partial charge in [-0.05, 0) is 52.1 Å². The Morgan fingerprint density at radius 3 is 2.65 bits per heavy atom. The lowest BCUT2D eigenvalue weighted by atomic mass is 9.91. The molecule has 6 heteroatoms. The molecule has 0 atom stereocenters. The van der Waals surface area contributed by atoms with E-state index in [0.717, 1.165) is 25.7 Å². The van der Waals surface area contributed by atoms with Crippen LogP contribution in [-0.4, -0.2) is 48.4 Å². The number of nitrogens with one attached hydrogen (secondary N) is 2. The Labute approximate surface area is 121 Å². The zero-order chi connectivity index (χ0) is 15.0. The highest BCUT2D eigenvalue weighted by molar-refractivity contribution is 6.30. The standard InChI is InChI=1S/C14H27N5O/c1-11(2)19-7-5-12(6-8-19)3-4-14(20)17-10-13(9-15)18-16/h9,11-12,15H,3-8,10,16H2,1-2H3,(H,17,20). The van der Waals surface area contributed by atoms with E-state index < -0.39 is 0 Å². The summed E-state index contributed by atoms with van der Waals surface area (Å²) in [6.45, 7) is 6.98. The average molecular weight is 281 g/mol. The minimum Gasteiger partial charge on any atom is -0.350 e. The van der Waals surface area contributed by atoms with Gasteiger partial charge >= 0.3 is 0 Å². The van der Waals surface area contributed by atoms with Gasteiger partial charge in [-0.2, -0.15) is 5.10 Å². The summed E-state index contributed by atoms with van der Waals surface area (Å²) in [4.78, 5) is 14.2. The number of amides is 1. The van der Waals surface area contributed by atoms with Gasteiger partial charge in [-0.15, -0.1) is 0 Å². The molecule has 0 saturated carbocycles. The molecule has 4 N–H and O–H groups in total. The van der Waals surface area contributed by atoms with E-state index in [1.807, 2.05) is 0 Å². The van der Waals surface area contributed by atoms with Gasteiger partial charge in [0.1, 0.15) is 0 Å². The van der Waals surface area contributed by atoms with Crippen LogP contribution < -0.4 is 11.2 Å². The number of carbonyl (C=O) groups excluding carboxylic acids is 1. The fraction of sp³-hybridized carbons (Fsp3) is 0.786. The third kappa shape index (κ3) is 5.69. The molecule has 0 radical (unpaired) electrons. The largest absolute Gasteiger partial charge is 0.350 e. The van der Waals surface area contributed by atoms with E-state index in [2.05, 4.69) is 29.2 Å². The number of hydrazone groups is 1. The van der Waals surface area contributed by atoms with Crippen molar-refractivity contribution in [2.75, 3.05) is 19.6 Å². The zero-order valence-electron chi connectivity index (χ0n) is 12.6. The van der Waals surface area contributed by atoms with Gasteiger partial charge in [0.05, 0.1) is 12.3 Å². The summed E-state index contributed by atoms with van der Waals surface area (Å²) in [5.41, 5.74) is 0.378. The Morgan fingerprint density at radius 2 is 2.15 bits per heavy atom. The summed E-state index contributed by atoms with van der Waals surface area (Å²) >= 11 is 0. The second-order valence-corrected chi connectivity index (χ2v) is 5.65. The van der Waals surface area contributed by atoms with E-state index in [1.54, 1.807) is 0 Å². The van der Waals surface area contributed by atoms with Gasteiger partial charge in [0, 0.05) is 18.7 Å². The molecule has 6 nitrogen and oxygen atoms in total. The van der Waals surface area contributed by atoms with Crippen LogP contribution in [0.5, 0.6) is 0 Å². The molecule has 1 rings (SSSR count). The van der Waals surface area contributed by atoms with Crippen LogP contribution in [0.1, 0.15) is 39.5 Å². The van der Waals surface area contributed by atoms with E-state index in [9.17, 15) is 4.79 Å². The first-order chi connectivity index (χ1) is 9.56. The minimum absolute atomic E-state index is 0.0132.